The van der Waals surface area contributed by atoms with Gasteiger partial charge in [0.25, 0.3) is 0 Å². The van der Waals surface area contributed by atoms with E-state index in [1.807, 2.05) is 0 Å². The summed E-state index contributed by atoms with van der Waals surface area (Å²) >= 11 is 6.19. The molecule has 2 aromatic heterocycles. The minimum absolute atomic E-state index is 0.0447. The lowest BCUT2D eigenvalue weighted by Gasteiger charge is -2.34. The third kappa shape index (κ3) is 4.43. The summed E-state index contributed by atoms with van der Waals surface area (Å²) in [7, 11) is 0. The summed E-state index contributed by atoms with van der Waals surface area (Å²) in [4.78, 5) is 27.8. The number of pyridine rings is 1. The first-order valence-electron chi connectivity index (χ1n) is 9.68. The van der Waals surface area contributed by atoms with Gasteiger partial charge in [-0.2, -0.15) is 18.2 Å². The zero-order valence-electron chi connectivity index (χ0n) is 16.0. The van der Waals surface area contributed by atoms with Crippen LogP contribution in [-0.2, 0) is 4.79 Å². The highest BCUT2D eigenvalue weighted by Crippen LogP contribution is 2.36. The third-order valence-corrected chi connectivity index (χ3v) is 5.54. The van der Waals surface area contributed by atoms with Gasteiger partial charge in [-0.25, -0.2) is 4.98 Å². The van der Waals surface area contributed by atoms with E-state index >= 15 is 0 Å². The number of carbonyl (C=O) groups excluding carboxylic acids is 1. The highest BCUT2D eigenvalue weighted by atomic mass is 35.5. The average Bonchev–Trinajstić information content (AvgIpc) is 3.15. The molecule has 1 amide bonds. The minimum Gasteiger partial charge on any atom is -0.355 e. The number of piperidine rings is 1. The number of nitrogens with zero attached hydrogens (tertiary/aromatic N) is 5. The van der Waals surface area contributed by atoms with Gasteiger partial charge in [-0.15, -0.1) is 0 Å². The molecule has 160 valence electrons. The Hall–Kier alpha value is -2.62. The maximum absolute atomic E-state index is 13.2. The van der Waals surface area contributed by atoms with Crippen LogP contribution in [0.4, 0.5) is 36.3 Å². The Morgan fingerprint density at radius 3 is 2.73 bits per heavy atom. The van der Waals surface area contributed by atoms with Crippen LogP contribution in [0.25, 0.3) is 0 Å². The van der Waals surface area contributed by atoms with Crippen LogP contribution in [0.15, 0.2) is 24.7 Å². The predicted octanol–water partition coefficient (Wildman–Crippen LogP) is 4.17. The van der Waals surface area contributed by atoms with Gasteiger partial charge < -0.3 is 15.1 Å². The van der Waals surface area contributed by atoms with Crippen molar-refractivity contribution in [3.05, 3.63) is 29.7 Å². The molecule has 30 heavy (non-hydrogen) atoms. The number of alkyl halides is 3. The Balaban J connectivity index is 1.53. The molecule has 2 fully saturated rings. The molecule has 0 saturated carbocycles. The second-order valence-electron chi connectivity index (χ2n) is 7.40. The number of nitrogens with one attached hydrogen (secondary N) is 1. The average molecular weight is 441 g/mol. The monoisotopic (exact) mass is 440 g/mol. The number of amides is 1. The second kappa shape index (κ2) is 8.25. The van der Waals surface area contributed by atoms with E-state index < -0.39 is 12.1 Å². The van der Waals surface area contributed by atoms with Crippen LogP contribution in [0.1, 0.15) is 25.7 Å². The Bertz CT molecular complexity index is 941. The molecular weight excluding hydrogens is 421 g/mol. The first-order valence-corrected chi connectivity index (χ1v) is 10.1. The van der Waals surface area contributed by atoms with Crippen LogP contribution >= 0.6 is 11.6 Å². The van der Waals surface area contributed by atoms with Gasteiger partial charge >= 0.3 is 6.18 Å². The first kappa shape index (κ1) is 20.6. The number of rotatable bonds is 4. The van der Waals surface area contributed by atoms with Gasteiger partial charge in [-0.1, -0.05) is 11.6 Å². The molecule has 2 aliphatic heterocycles. The van der Waals surface area contributed by atoms with Crippen molar-refractivity contribution in [2.75, 3.05) is 34.8 Å². The fourth-order valence-corrected chi connectivity index (χ4v) is 3.98. The number of anilines is 4. The molecular formula is C19H20ClF3N6O. The van der Waals surface area contributed by atoms with E-state index in [4.69, 9.17) is 11.6 Å². The maximum Gasteiger partial charge on any atom is 0.393 e. The summed E-state index contributed by atoms with van der Waals surface area (Å²) in [6.07, 6.45) is 2.09. The molecule has 1 unspecified atom stereocenters. The van der Waals surface area contributed by atoms with Gasteiger partial charge in [0, 0.05) is 26.1 Å². The number of hydrogen-bond acceptors (Lipinski definition) is 6. The predicted molar refractivity (Wildman–Crippen MR) is 107 cm³/mol. The Labute approximate surface area is 176 Å². The van der Waals surface area contributed by atoms with Crippen molar-refractivity contribution in [3.63, 3.8) is 0 Å². The normalized spacial score (nSPS) is 20.0. The fourth-order valence-electron chi connectivity index (χ4n) is 3.77. The summed E-state index contributed by atoms with van der Waals surface area (Å²) in [6, 6.07) is 1.76. The van der Waals surface area contributed by atoms with E-state index in [0.29, 0.717) is 37.3 Å². The topological polar surface area (TPSA) is 74.2 Å². The van der Waals surface area contributed by atoms with Gasteiger partial charge in [-0.05, 0) is 25.3 Å². The van der Waals surface area contributed by atoms with Crippen molar-refractivity contribution >= 4 is 40.6 Å². The second-order valence-corrected chi connectivity index (χ2v) is 7.80. The minimum atomic E-state index is -4.25. The molecule has 0 bridgehead atoms. The Kier molecular flexibility index (Phi) is 5.68. The molecule has 7 nitrogen and oxygen atoms in total. The SMILES string of the molecule is O=C1CCCN1c1cncc(Nc2ncc(Cl)c(N3CCCC(C(F)(F)F)C3)n2)c1. The van der Waals surface area contributed by atoms with Crippen LogP contribution in [0.3, 0.4) is 0 Å². The molecule has 2 aromatic rings. The van der Waals surface area contributed by atoms with Gasteiger partial charge in [0.15, 0.2) is 5.82 Å². The van der Waals surface area contributed by atoms with Crippen molar-refractivity contribution in [1.29, 1.82) is 0 Å². The lowest BCUT2D eigenvalue weighted by Crippen LogP contribution is -2.42. The highest BCUT2D eigenvalue weighted by molar-refractivity contribution is 6.32. The summed E-state index contributed by atoms with van der Waals surface area (Å²) in [5, 5.41) is 3.19. The number of hydrogen-bond donors (Lipinski definition) is 1. The molecule has 1 atom stereocenters. The third-order valence-electron chi connectivity index (χ3n) is 5.27. The highest BCUT2D eigenvalue weighted by Gasteiger charge is 2.42. The molecule has 4 heterocycles. The Morgan fingerprint density at radius 2 is 2.00 bits per heavy atom. The zero-order chi connectivity index (χ0) is 21.3. The van der Waals surface area contributed by atoms with E-state index in [9.17, 15) is 18.0 Å². The van der Waals surface area contributed by atoms with Crippen LogP contribution in [0.2, 0.25) is 5.02 Å². The van der Waals surface area contributed by atoms with E-state index in [1.165, 1.54) is 6.20 Å². The van der Waals surface area contributed by atoms with Crippen molar-refractivity contribution in [2.45, 2.75) is 31.9 Å². The van der Waals surface area contributed by atoms with E-state index in [0.717, 1.165) is 6.42 Å². The zero-order valence-corrected chi connectivity index (χ0v) is 16.7. The van der Waals surface area contributed by atoms with Gasteiger partial charge in [0.05, 0.1) is 35.9 Å². The lowest BCUT2D eigenvalue weighted by molar-refractivity contribution is -0.176. The molecule has 1 N–H and O–H groups in total. The summed E-state index contributed by atoms with van der Waals surface area (Å²) in [5.74, 6) is -0.909. The van der Waals surface area contributed by atoms with Gasteiger partial charge in [0.2, 0.25) is 11.9 Å². The molecule has 0 radical (unpaired) electrons. The molecule has 2 saturated heterocycles. The lowest BCUT2D eigenvalue weighted by atomic mass is 9.97. The van der Waals surface area contributed by atoms with Crippen LogP contribution < -0.4 is 15.1 Å². The number of aromatic nitrogens is 3. The van der Waals surface area contributed by atoms with Gasteiger partial charge in [-0.3, -0.25) is 9.78 Å². The molecule has 0 aromatic carbocycles. The summed E-state index contributed by atoms with van der Waals surface area (Å²) in [5.41, 5.74) is 1.23. The molecule has 11 heteroatoms. The smallest absolute Gasteiger partial charge is 0.355 e. The standard InChI is InChI=1S/C19H20ClF3N6O/c20-15-10-25-18(27-17(15)28-5-1-3-12(11-28)19(21,22)23)26-13-7-14(9-24-8-13)29-6-2-4-16(29)30/h7-10,12H,1-6,11H2,(H,25,26,27). The van der Waals surface area contributed by atoms with Crippen LogP contribution in [-0.4, -0.2) is 46.7 Å². The van der Waals surface area contributed by atoms with Crippen molar-refractivity contribution in [3.8, 4) is 0 Å². The molecule has 2 aliphatic rings. The first-order chi connectivity index (χ1) is 14.3. The van der Waals surface area contributed by atoms with E-state index in [-0.39, 0.29) is 35.7 Å². The van der Waals surface area contributed by atoms with Crippen molar-refractivity contribution < 1.29 is 18.0 Å². The molecule has 0 aliphatic carbocycles. The quantitative estimate of drug-likeness (QED) is 0.769. The summed E-state index contributed by atoms with van der Waals surface area (Å²) < 4.78 is 39.5. The number of halogens is 4. The van der Waals surface area contributed by atoms with E-state index in [1.54, 1.807) is 28.3 Å². The van der Waals surface area contributed by atoms with Crippen molar-refractivity contribution in [1.82, 2.24) is 15.0 Å². The Morgan fingerprint density at radius 1 is 1.17 bits per heavy atom. The van der Waals surface area contributed by atoms with Crippen molar-refractivity contribution in [2.24, 2.45) is 5.92 Å². The number of carbonyl (C=O) groups is 1. The fraction of sp³-hybridized carbons (Fsp3) is 0.474. The van der Waals surface area contributed by atoms with Crippen LogP contribution in [0.5, 0.6) is 0 Å². The maximum atomic E-state index is 13.2. The van der Waals surface area contributed by atoms with Gasteiger partial charge in [0.1, 0.15) is 5.02 Å². The molecule has 4 rings (SSSR count). The van der Waals surface area contributed by atoms with Crippen LogP contribution in [0, 0.1) is 5.92 Å². The van der Waals surface area contributed by atoms with E-state index in [2.05, 4.69) is 20.3 Å². The molecule has 0 spiro atoms. The summed E-state index contributed by atoms with van der Waals surface area (Å²) in [6.45, 7) is 0.894. The largest absolute Gasteiger partial charge is 0.393 e.